The molecule has 2 aliphatic carbocycles. The molecule has 0 amide bonds. The number of ether oxygens (including phenoxy) is 2. The van der Waals surface area contributed by atoms with E-state index in [9.17, 15) is 10.2 Å². The fourth-order valence-corrected chi connectivity index (χ4v) is 5.66. The van der Waals surface area contributed by atoms with Crippen LogP contribution in [0, 0.1) is 0 Å². The van der Waals surface area contributed by atoms with E-state index in [0.29, 0.717) is 11.5 Å². The molecule has 4 rings (SSSR count). The third-order valence-electron chi connectivity index (χ3n) is 6.61. The van der Waals surface area contributed by atoms with E-state index in [1.807, 2.05) is 24.3 Å². The predicted molar refractivity (Wildman–Crippen MR) is 105 cm³/mol. The topological polar surface area (TPSA) is 58.9 Å². The van der Waals surface area contributed by atoms with Crippen LogP contribution in [0.5, 0.6) is 23.0 Å². The SMILES string of the molecule is COc1cc2c(cc1O)C1(CC2(C)C)CC(C)(C)c2cc(O)c(OC)cc21. The van der Waals surface area contributed by atoms with E-state index in [4.69, 9.17) is 9.47 Å². The van der Waals surface area contributed by atoms with Crippen molar-refractivity contribution in [2.45, 2.75) is 56.8 Å². The van der Waals surface area contributed by atoms with Crippen LogP contribution in [0.25, 0.3) is 0 Å². The lowest BCUT2D eigenvalue weighted by Gasteiger charge is -2.30. The first-order valence-electron chi connectivity index (χ1n) is 9.40. The first kappa shape index (κ1) is 18.0. The third-order valence-corrected chi connectivity index (χ3v) is 6.61. The molecule has 27 heavy (non-hydrogen) atoms. The normalized spacial score (nSPS) is 23.9. The summed E-state index contributed by atoms with van der Waals surface area (Å²) in [6.45, 7) is 8.95. The zero-order chi connectivity index (χ0) is 19.8. The van der Waals surface area contributed by atoms with Crippen LogP contribution in [-0.4, -0.2) is 24.4 Å². The Hall–Kier alpha value is -2.36. The summed E-state index contributed by atoms with van der Waals surface area (Å²) in [4.78, 5) is 0. The molecule has 4 heteroatoms. The summed E-state index contributed by atoms with van der Waals surface area (Å²) in [5.74, 6) is 1.36. The lowest BCUT2D eigenvalue weighted by atomic mass is 9.72. The maximum absolute atomic E-state index is 10.5. The van der Waals surface area contributed by atoms with Gasteiger partial charge in [-0.1, -0.05) is 27.7 Å². The Labute approximate surface area is 160 Å². The van der Waals surface area contributed by atoms with Crippen molar-refractivity contribution in [3.05, 3.63) is 46.5 Å². The average molecular weight is 368 g/mol. The van der Waals surface area contributed by atoms with Crippen molar-refractivity contribution in [2.75, 3.05) is 14.2 Å². The maximum atomic E-state index is 10.5. The third kappa shape index (κ3) is 2.28. The minimum atomic E-state index is -0.220. The average Bonchev–Trinajstić information content (AvgIpc) is 2.93. The first-order chi connectivity index (χ1) is 12.6. The van der Waals surface area contributed by atoms with Gasteiger partial charge in [-0.3, -0.25) is 0 Å². The summed E-state index contributed by atoms with van der Waals surface area (Å²) in [6, 6.07) is 7.72. The minimum Gasteiger partial charge on any atom is -0.504 e. The van der Waals surface area contributed by atoms with Gasteiger partial charge in [0.05, 0.1) is 14.2 Å². The summed E-state index contributed by atoms with van der Waals surface area (Å²) >= 11 is 0. The van der Waals surface area contributed by atoms with Crippen molar-refractivity contribution >= 4 is 0 Å². The highest BCUT2D eigenvalue weighted by Gasteiger charge is 2.56. The molecule has 2 aromatic rings. The molecule has 144 valence electrons. The molecular weight excluding hydrogens is 340 g/mol. The summed E-state index contributed by atoms with van der Waals surface area (Å²) < 4.78 is 10.8. The molecule has 1 atom stereocenters. The van der Waals surface area contributed by atoms with Crippen molar-refractivity contribution in [2.24, 2.45) is 0 Å². The molecule has 4 nitrogen and oxygen atoms in total. The molecule has 1 unspecified atom stereocenters. The Morgan fingerprint density at radius 1 is 0.667 bits per heavy atom. The highest BCUT2D eigenvalue weighted by Crippen LogP contribution is 2.64. The lowest BCUT2D eigenvalue weighted by molar-refractivity contribution is 0.348. The quantitative estimate of drug-likeness (QED) is 0.802. The molecule has 0 saturated carbocycles. The predicted octanol–water partition coefficient (Wildman–Crippen LogP) is 4.76. The molecule has 2 aromatic carbocycles. The second-order valence-corrected chi connectivity index (χ2v) is 9.34. The second-order valence-electron chi connectivity index (χ2n) is 9.34. The standard InChI is InChI=1S/C23H28O4/c1-21(2)11-23(16-10-20(27-6)17(24)7-13(16)21)12-22(3,4)14-9-19(26-5)18(25)8-15(14)23/h7-10,24-25H,11-12H2,1-6H3. The van der Waals surface area contributed by atoms with E-state index in [2.05, 4.69) is 27.7 Å². The highest BCUT2D eigenvalue weighted by atomic mass is 16.5. The van der Waals surface area contributed by atoms with Gasteiger partial charge in [0.2, 0.25) is 0 Å². The maximum Gasteiger partial charge on any atom is 0.160 e. The van der Waals surface area contributed by atoms with Crippen molar-refractivity contribution in [1.29, 1.82) is 0 Å². The number of benzene rings is 2. The molecular formula is C23H28O4. The number of methoxy groups -OCH3 is 2. The molecule has 0 aromatic heterocycles. The van der Waals surface area contributed by atoms with E-state index in [1.54, 1.807) is 14.2 Å². The van der Waals surface area contributed by atoms with E-state index in [1.165, 1.54) is 11.1 Å². The molecule has 2 N–H and O–H groups in total. The molecule has 0 bridgehead atoms. The van der Waals surface area contributed by atoms with Gasteiger partial charge in [0, 0.05) is 5.41 Å². The Kier molecular flexibility index (Phi) is 3.56. The van der Waals surface area contributed by atoms with Gasteiger partial charge in [-0.25, -0.2) is 0 Å². The number of aromatic hydroxyl groups is 2. The van der Waals surface area contributed by atoms with Gasteiger partial charge in [-0.05, 0) is 70.2 Å². The molecule has 0 radical (unpaired) electrons. The van der Waals surface area contributed by atoms with E-state index in [0.717, 1.165) is 24.0 Å². The molecule has 0 aliphatic heterocycles. The van der Waals surface area contributed by atoms with Gasteiger partial charge >= 0.3 is 0 Å². The minimum absolute atomic E-state index is 0.0564. The van der Waals surface area contributed by atoms with Crippen LogP contribution in [-0.2, 0) is 16.2 Å². The molecule has 1 spiro atoms. The fourth-order valence-electron chi connectivity index (χ4n) is 5.66. The molecule has 0 fully saturated rings. The molecule has 0 saturated heterocycles. The monoisotopic (exact) mass is 368 g/mol. The highest BCUT2D eigenvalue weighted by molar-refractivity contribution is 5.65. The van der Waals surface area contributed by atoms with Crippen LogP contribution >= 0.6 is 0 Å². The smallest absolute Gasteiger partial charge is 0.160 e. The van der Waals surface area contributed by atoms with Crippen LogP contribution in [0.15, 0.2) is 24.3 Å². The number of phenolic OH excluding ortho intramolecular Hbond substituents is 2. The summed E-state index contributed by atoms with van der Waals surface area (Å²) in [5, 5.41) is 20.9. The van der Waals surface area contributed by atoms with Crippen molar-refractivity contribution < 1.29 is 19.7 Å². The van der Waals surface area contributed by atoms with Gasteiger partial charge in [-0.15, -0.1) is 0 Å². The summed E-state index contributed by atoms with van der Waals surface area (Å²) in [7, 11) is 3.16. The van der Waals surface area contributed by atoms with Crippen LogP contribution in [0.1, 0.15) is 62.8 Å². The first-order valence-corrected chi connectivity index (χ1v) is 9.40. The molecule has 2 aliphatic rings. The number of hydrogen-bond acceptors (Lipinski definition) is 4. The van der Waals surface area contributed by atoms with E-state index >= 15 is 0 Å². The van der Waals surface area contributed by atoms with Gasteiger partial charge < -0.3 is 19.7 Å². The second kappa shape index (κ2) is 5.34. The zero-order valence-corrected chi connectivity index (χ0v) is 16.9. The van der Waals surface area contributed by atoms with Gasteiger partial charge in [0.15, 0.2) is 23.0 Å². The fraction of sp³-hybridized carbons (Fsp3) is 0.478. The van der Waals surface area contributed by atoms with Crippen LogP contribution in [0.2, 0.25) is 0 Å². The van der Waals surface area contributed by atoms with Crippen molar-refractivity contribution in [3.63, 3.8) is 0 Å². The van der Waals surface area contributed by atoms with Gasteiger partial charge in [0.25, 0.3) is 0 Å². The largest absolute Gasteiger partial charge is 0.504 e. The van der Waals surface area contributed by atoms with E-state index in [-0.39, 0.29) is 27.7 Å². The number of phenols is 2. The Morgan fingerprint density at radius 2 is 1.04 bits per heavy atom. The Morgan fingerprint density at radius 3 is 1.52 bits per heavy atom. The molecule has 0 heterocycles. The van der Waals surface area contributed by atoms with Gasteiger partial charge in [0.1, 0.15) is 0 Å². The van der Waals surface area contributed by atoms with Crippen molar-refractivity contribution in [1.82, 2.24) is 0 Å². The van der Waals surface area contributed by atoms with Crippen LogP contribution in [0.3, 0.4) is 0 Å². The zero-order valence-electron chi connectivity index (χ0n) is 16.9. The van der Waals surface area contributed by atoms with Crippen molar-refractivity contribution in [3.8, 4) is 23.0 Å². The van der Waals surface area contributed by atoms with Gasteiger partial charge in [-0.2, -0.15) is 0 Å². The van der Waals surface area contributed by atoms with E-state index < -0.39 is 0 Å². The van der Waals surface area contributed by atoms with Crippen LogP contribution in [0.4, 0.5) is 0 Å². The summed E-state index contributed by atoms with van der Waals surface area (Å²) in [6.07, 6.45) is 1.86. The Balaban J connectivity index is 2.04. The summed E-state index contributed by atoms with van der Waals surface area (Å²) in [5.41, 5.74) is 4.35. The van der Waals surface area contributed by atoms with Crippen LogP contribution < -0.4 is 9.47 Å². The number of rotatable bonds is 2. The number of fused-ring (bicyclic) bond motifs is 4. The lowest BCUT2D eigenvalue weighted by Crippen LogP contribution is -2.27. The Bertz CT molecular complexity index is 942. The number of hydrogen-bond donors (Lipinski definition) is 2.